The van der Waals surface area contributed by atoms with Crippen LogP contribution in [0.15, 0.2) is 63.9 Å². The fraction of sp³-hybridized carbons (Fsp3) is 0.120. The predicted molar refractivity (Wildman–Crippen MR) is 132 cm³/mol. The molecule has 0 bridgehead atoms. The summed E-state index contributed by atoms with van der Waals surface area (Å²) < 4.78 is 1.02. The van der Waals surface area contributed by atoms with Crippen LogP contribution < -0.4 is 10.9 Å². The number of imide groups is 2. The molecule has 2 aromatic carbocycles. The van der Waals surface area contributed by atoms with Gasteiger partial charge in [0, 0.05) is 0 Å². The van der Waals surface area contributed by atoms with Crippen LogP contribution in [-0.2, 0) is 5.66 Å². The first-order chi connectivity index (χ1) is 17.6. The number of carbonyl (C=O) groups excluding carboxylic acids is 5. The first-order valence-corrected chi connectivity index (χ1v) is 12.2. The molecule has 3 aromatic rings. The summed E-state index contributed by atoms with van der Waals surface area (Å²) in [6.45, 7) is -1.09. The summed E-state index contributed by atoms with van der Waals surface area (Å²) in [5.41, 5.74) is -2.17. The standard InChI is InChI=1S/C25H14BrClN4O6/c26-16-9-17(27)18-19(32)28-25(31(18)24(16)37,10-29-20(33)12-5-1-2-6-13(12)21(29)34)11-30-22(35)14-7-3-4-8-15(14)23(30)36/h1-9H,10-11H2,(H,28,32). The van der Waals surface area contributed by atoms with E-state index in [1.165, 1.54) is 30.3 Å². The zero-order valence-corrected chi connectivity index (χ0v) is 21.0. The van der Waals surface area contributed by atoms with Crippen molar-refractivity contribution in [3.05, 3.63) is 102 Å². The molecule has 37 heavy (non-hydrogen) atoms. The fourth-order valence-electron chi connectivity index (χ4n) is 5.06. The lowest BCUT2D eigenvalue weighted by Crippen LogP contribution is -2.62. The second-order valence-corrected chi connectivity index (χ2v) is 10.1. The van der Waals surface area contributed by atoms with E-state index in [2.05, 4.69) is 21.2 Å². The van der Waals surface area contributed by atoms with Gasteiger partial charge in [-0.1, -0.05) is 35.9 Å². The maximum Gasteiger partial charge on any atom is 0.271 e. The molecule has 1 N–H and O–H groups in total. The number of halogens is 2. The molecule has 0 radical (unpaired) electrons. The molecular weight excluding hydrogens is 568 g/mol. The van der Waals surface area contributed by atoms with E-state index in [9.17, 15) is 28.8 Å². The predicted octanol–water partition coefficient (Wildman–Crippen LogP) is 2.25. The van der Waals surface area contributed by atoms with Gasteiger partial charge in [0.15, 0.2) is 5.66 Å². The number of amides is 5. The van der Waals surface area contributed by atoms with Crippen molar-refractivity contribution < 1.29 is 24.0 Å². The molecule has 1 aromatic heterocycles. The summed E-state index contributed by atoms with van der Waals surface area (Å²) in [5, 5.41) is 2.58. The summed E-state index contributed by atoms with van der Waals surface area (Å²) in [7, 11) is 0. The van der Waals surface area contributed by atoms with Crippen molar-refractivity contribution in [2.45, 2.75) is 5.66 Å². The Morgan fingerprint density at radius 2 is 1.14 bits per heavy atom. The molecular formula is C25H14BrClN4O6. The third-order valence-electron chi connectivity index (χ3n) is 6.70. The van der Waals surface area contributed by atoms with Crippen LogP contribution in [0.2, 0.25) is 5.02 Å². The highest BCUT2D eigenvalue weighted by Gasteiger charge is 2.53. The molecule has 184 valence electrons. The van der Waals surface area contributed by atoms with Crippen molar-refractivity contribution >= 4 is 57.1 Å². The first-order valence-electron chi connectivity index (χ1n) is 11.0. The van der Waals surface area contributed by atoms with Crippen molar-refractivity contribution in [1.82, 2.24) is 19.7 Å². The Bertz CT molecular complexity index is 1530. The Morgan fingerprint density at radius 1 is 0.730 bits per heavy atom. The second kappa shape index (κ2) is 7.95. The van der Waals surface area contributed by atoms with Gasteiger partial charge in [-0.2, -0.15) is 0 Å². The monoisotopic (exact) mass is 580 g/mol. The maximum absolute atomic E-state index is 13.4. The van der Waals surface area contributed by atoms with E-state index >= 15 is 0 Å². The molecule has 0 saturated carbocycles. The van der Waals surface area contributed by atoms with Gasteiger partial charge in [0.05, 0.1) is 44.8 Å². The van der Waals surface area contributed by atoms with Gasteiger partial charge in [-0.25, -0.2) is 0 Å². The van der Waals surface area contributed by atoms with Gasteiger partial charge in [0.2, 0.25) is 0 Å². The molecule has 5 amide bonds. The van der Waals surface area contributed by atoms with Crippen molar-refractivity contribution in [2.75, 3.05) is 13.1 Å². The summed E-state index contributed by atoms with van der Waals surface area (Å²) >= 11 is 9.46. The van der Waals surface area contributed by atoms with Crippen LogP contribution in [-0.4, -0.2) is 57.0 Å². The number of hydrogen-bond donors (Lipinski definition) is 1. The number of nitrogens with zero attached hydrogens (tertiary/aromatic N) is 3. The van der Waals surface area contributed by atoms with Crippen molar-refractivity contribution in [1.29, 1.82) is 0 Å². The second-order valence-electron chi connectivity index (χ2n) is 8.80. The van der Waals surface area contributed by atoms with E-state index in [-0.39, 0.29) is 37.4 Å². The zero-order valence-electron chi connectivity index (χ0n) is 18.7. The van der Waals surface area contributed by atoms with Gasteiger partial charge < -0.3 is 5.32 Å². The first kappa shape index (κ1) is 23.3. The van der Waals surface area contributed by atoms with Crippen LogP contribution in [0.1, 0.15) is 51.9 Å². The molecule has 10 nitrogen and oxygen atoms in total. The normalized spacial score (nSPS) is 17.3. The molecule has 0 atom stereocenters. The molecule has 12 heteroatoms. The van der Waals surface area contributed by atoms with Crippen molar-refractivity contribution in [3.63, 3.8) is 0 Å². The zero-order chi connectivity index (χ0) is 26.2. The van der Waals surface area contributed by atoms with Crippen molar-refractivity contribution in [2.24, 2.45) is 0 Å². The van der Waals surface area contributed by atoms with Gasteiger partial charge in [-0.3, -0.25) is 43.1 Å². The Balaban J connectivity index is 1.51. The van der Waals surface area contributed by atoms with E-state index < -0.39 is 53.8 Å². The minimum Gasteiger partial charge on any atom is -0.324 e. The summed E-state index contributed by atoms with van der Waals surface area (Å²) in [6.07, 6.45) is 0. The fourth-order valence-corrected chi connectivity index (χ4v) is 5.88. The minimum atomic E-state index is -1.89. The largest absolute Gasteiger partial charge is 0.324 e. The summed E-state index contributed by atoms with van der Waals surface area (Å²) in [4.78, 5) is 81.1. The van der Waals surface area contributed by atoms with Gasteiger partial charge >= 0.3 is 0 Å². The number of hydrogen-bond acceptors (Lipinski definition) is 6. The maximum atomic E-state index is 13.4. The van der Waals surface area contributed by atoms with Crippen LogP contribution in [0.5, 0.6) is 0 Å². The molecule has 4 heterocycles. The van der Waals surface area contributed by atoms with Crippen LogP contribution in [0, 0.1) is 0 Å². The number of nitrogens with one attached hydrogen (secondary N) is 1. The molecule has 3 aliphatic rings. The minimum absolute atomic E-state index is 0.00634. The molecule has 0 fully saturated rings. The molecule has 0 aliphatic carbocycles. The smallest absolute Gasteiger partial charge is 0.271 e. The average Bonchev–Trinajstić information content (AvgIpc) is 3.41. The molecule has 3 aliphatic heterocycles. The third-order valence-corrected chi connectivity index (χ3v) is 7.55. The summed E-state index contributed by atoms with van der Waals surface area (Å²) in [6, 6.07) is 13.7. The third kappa shape index (κ3) is 3.17. The van der Waals surface area contributed by atoms with Gasteiger partial charge in [-0.05, 0) is 46.3 Å². The number of benzene rings is 2. The van der Waals surface area contributed by atoms with Crippen LogP contribution in [0.3, 0.4) is 0 Å². The van der Waals surface area contributed by atoms with Crippen LogP contribution >= 0.6 is 27.5 Å². The quantitative estimate of drug-likeness (QED) is 0.471. The Kier molecular flexibility index (Phi) is 5.01. The number of carbonyl (C=O) groups is 5. The van der Waals surface area contributed by atoms with E-state index in [1.54, 1.807) is 24.3 Å². The number of aromatic nitrogens is 1. The Hall–Kier alpha value is -4.09. The number of rotatable bonds is 4. The van der Waals surface area contributed by atoms with E-state index in [0.29, 0.717) is 0 Å². The van der Waals surface area contributed by atoms with E-state index in [4.69, 9.17) is 11.6 Å². The van der Waals surface area contributed by atoms with E-state index in [1.807, 2.05) is 0 Å². The highest BCUT2D eigenvalue weighted by Crippen LogP contribution is 2.34. The van der Waals surface area contributed by atoms with Crippen LogP contribution in [0.4, 0.5) is 0 Å². The van der Waals surface area contributed by atoms with E-state index in [0.717, 1.165) is 14.4 Å². The number of pyridine rings is 1. The topological polar surface area (TPSA) is 126 Å². The highest BCUT2D eigenvalue weighted by atomic mass is 79.9. The lowest BCUT2D eigenvalue weighted by molar-refractivity contribution is 0.0422. The Labute approximate surface area is 221 Å². The van der Waals surface area contributed by atoms with Gasteiger partial charge in [-0.15, -0.1) is 0 Å². The summed E-state index contributed by atoms with van der Waals surface area (Å²) in [5.74, 6) is -3.32. The molecule has 6 rings (SSSR count). The van der Waals surface area contributed by atoms with Gasteiger partial charge in [0.1, 0.15) is 5.69 Å². The van der Waals surface area contributed by atoms with Gasteiger partial charge in [0.25, 0.3) is 35.1 Å². The molecule has 0 unspecified atom stereocenters. The average molecular weight is 582 g/mol. The number of fused-ring (bicyclic) bond motifs is 3. The molecule has 0 saturated heterocycles. The lowest BCUT2D eigenvalue weighted by Gasteiger charge is -2.36. The molecule has 0 spiro atoms. The SMILES string of the molecule is O=C1NC(CN2C(=O)c3ccccc3C2=O)(CN2C(=O)c3ccccc3C2=O)n2c1c(Cl)cc(Br)c2=O. The van der Waals surface area contributed by atoms with Crippen LogP contribution in [0.25, 0.3) is 0 Å². The highest BCUT2D eigenvalue weighted by molar-refractivity contribution is 9.10. The van der Waals surface area contributed by atoms with Crippen molar-refractivity contribution in [3.8, 4) is 0 Å². The lowest BCUT2D eigenvalue weighted by atomic mass is 10.1. The Morgan fingerprint density at radius 3 is 1.54 bits per heavy atom.